The maximum Gasteiger partial charge on any atom is 0.214 e. The normalized spacial score (nSPS) is 10.3. The van der Waals surface area contributed by atoms with Gasteiger partial charge in [-0.1, -0.05) is 19.4 Å². The average Bonchev–Trinajstić information content (AvgIpc) is 2.97. The topological polar surface area (TPSA) is 43.6 Å². The number of halogens is 1. The summed E-state index contributed by atoms with van der Waals surface area (Å²) >= 11 is 0. The Morgan fingerprint density at radius 2 is 2.00 bits per heavy atom. The van der Waals surface area contributed by atoms with Gasteiger partial charge in [0.25, 0.3) is 0 Å². The maximum atomic E-state index is 13.2. The van der Waals surface area contributed by atoms with Crippen molar-refractivity contribution in [2.24, 2.45) is 0 Å². The fourth-order valence-corrected chi connectivity index (χ4v) is 2.54. The number of hydrogen-bond acceptors (Lipinski definition) is 3. The zero-order valence-corrected chi connectivity index (χ0v) is 15.0. The lowest BCUT2D eigenvalue weighted by Crippen LogP contribution is -2.03. The molecule has 0 spiro atoms. The first-order valence-electron chi connectivity index (χ1n) is 8.33. The van der Waals surface area contributed by atoms with Crippen LogP contribution in [0.15, 0.2) is 43.2 Å². The number of aromatic nitrogens is 4. The Morgan fingerprint density at radius 3 is 2.65 bits per heavy atom. The van der Waals surface area contributed by atoms with Crippen molar-refractivity contribution in [2.75, 3.05) is 0 Å². The highest BCUT2D eigenvalue weighted by Gasteiger charge is 2.16. The van der Waals surface area contributed by atoms with Crippen molar-refractivity contribution in [2.45, 2.75) is 27.2 Å². The molecule has 3 rings (SSSR count). The van der Waals surface area contributed by atoms with E-state index in [0.29, 0.717) is 11.3 Å². The van der Waals surface area contributed by atoms with Gasteiger partial charge in [0.1, 0.15) is 11.5 Å². The summed E-state index contributed by atoms with van der Waals surface area (Å²) in [7, 11) is 0. The van der Waals surface area contributed by atoms with Crippen molar-refractivity contribution in [1.82, 2.24) is 19.5 Å². The predicted octanol–water partition coefficient (Wildman–Crippen LogP) is 4.24. The van der Waals surface area contributed by atoms with E-state index in [0.717, 1.165) is 34.9 Å². The number of rotatable bonds is 3. The molecule has 0 amide bonds. The van der Waals surface area contributed by atoms with E-state index in [2.05, 4.69) is 33.4 Å². The van der Waals surface area contributed by atoms with Crippen LogP contribution in [-0.2, 0) is 0 Å². The van der Waals surface area contributed by atoms with Crippen LogP contribution in [0.5, 0.6) is 0 Å². The zero-order chi connectivity index (χ0) is 18.7. The standard InChI is InChI=1S/C21H19FN4/c1-5-14(2)21-25-19(9-7-17-10-11-23-20(22)12-17)16(4)26(21)18-8-6-15(3)24-13-18/h6,8,10-13H,2,5H2,1,3-4H3. The molecule has 3 heterocycles. The third kappa shape index (κ3) is 3.55. The minimum absolute atomic E-state index is 0.551. The molecule has 26 heavy (non-hydrogen) atoms. The average molecular weight is 346 g/mol. The lowest BCUT2D eigenvalue weighted by Gasteiger charge is -2.10. The van der Waals surface area contributed by atoms with Crippen molar-refractivity contribution in [3.8, 4) is 17.5 Å². The number of allylic oxidation sites excluding steroid dienone is 1. The van der Waals surface area contributed by atoms with Crippen LogP contribution in [0.4, 0.5) is 4.39 Å². The highest BCUT2D eigenvalue weighted by molar-refractivity contribution is 5.62. The molecule has 0 unspecified atom stereocenters. The highest BCUT2D eigenvalue weighted by Crippen LogP contribution is 2.23. The molecular formula is C21H19FN4. The third-order valence-electron chi connectivity index (χ3n) is 4.06. The molecule has 0 radical (unpaired) electrons. The lowest BCUT2D eigenvalue weighted by molar-refractivity contribution is 0.583. The molecular weight excluding hydrogens is 327 g/mol. The molecule has 130 valence electrons. The van der Waals surface area contributed by atoms with Crippen LogP contribution in [0, 0.1) is 31.6 Å². The summed E-state index contributed by atoms with van der Waals surface area (Å²) in [5.74, 6) is 6.20. The molecule has 0 aliphatic heterocycles. The Labute approximate surface area is 152 Å². The number of imidazole rings is 1. The fraction of sp³-hybridized carbons (Fsp3) is 0.190. The van der Waals surface area contributed by atoms with Gasteiger partial charge >= 0.3 is 0 Å². The summed E-state index contributed by atoms with van der Waals surface area (Å²) in [6.45, 7) is 10.1. The SMILES string of the molecule is C=C(CC)c1nc(C#Cc2ccnc(F)c2)c(C)n1-c1ccc(C)nc1. The molecule has 0 aromatic carbocycles. The molecule has 4 nitrogen and oxygen atoms in total. The molecule has 0 bridgehead atoms. The van der Waals surface area contributed by atoms with Gasteiger partial charge in [0.2, 0.25) is 5.95 Å². The monoisotopic (exact) mass is 346 g/mol. The highest BCUT2D eigenvalue weighted by atomic mass is 19.1. The number of pyridine rings is 2. The van der Waals surface area contributed by atoms with Crippen LogP contribution in [0.3, 0.4) is 0 Å². The van der Waals surface area contributed by atoms with Crippen molar-refractivity contribution < 1.29 is 4.39 Å². The van der Waals surface area contributed by atoms with Gasteiger partial charge in [0.05, 0.1) is 17.6 Å². The van der Waals surface area contributed by atoms with Crippen molar-refractivity contribution in [3.05, 3.63) is 77.7 Å². The lowest BCUT2D eigenvalue weighted by atomic mass is 10.2. The van der Waals surface area contributed by atoms with E-state index < -0.39 is 5.95 Å². The molecule has 0 fully saturated rings. The molecule has 5 heteroatoms. The molecule has 0 aliphatic rings. The summed E-state index contributed by atoms with van der Waals surface area (Å²) in [6.07, 6.45) is 3.98. The van der Waals surface area contributed by atoms with E-state index >= 15 is 0 Å². The second-order valence-electron chi connectivity index (χ2n) is 5.94. The number of hydrogen-bond donors (Lipinski definition) is 0. The first-order chi connectivity index (χ1) is 12.5. The summed E-state index contributed by atoms with van der Waals surface area (Å²) in [6, 6.07) is 6.92. The van der Waals surface area contributed by atoms with E-state index in [1.165, 1.54) is 12.3 Å². The van der Waals surface area contributed by atoms with Crippen LogP contribution in [0.1, 0.15) is 41.8 Å². The van der Waals surface area contributed by atoms with Gasteiger partial charge in [0.15, 0.2) is 0 Å². The van der Waals surface area contributed by atoms with Crippen LogP contribution < -0.4 is 0 Å². The third-order valence-corrected chi connectivity index (χ3v) is 4.06. The molecule has 0 saturated carbocycles. The Morgan fingerprint density at radius 1 is 1.19 bits per heavy atom. The van der Waals surface area contributed by atoms with E-state index in [1.807, 2.05) is 43.7 Å². The molecule has 3 aromatic heterocycles. The molecule has 3 aromatic rings. The van der Waals surface area contributed by atoms with Gasteiger partial charge in [0, 0.05) is 23.5 Å². The predicted molar refractivity (Wildman–Crippen MR) is 100 cm³/mol. The van der Waals surface area contributed by atoms with Gasteiger partial charge in [-0.05, 0) is 50.0 Å². The first kappa shape index (κ1) is 17.6. The summed E-state index contributed by atoms with van der Waals surface area (Å²) in [5, 5.41) is 0. The maximum absolute atomic E-state index is 13.2. The minimum Gasteiger partial charge on any atom is -0.294 e. The van der Waals surface area contributed by atoms with Gasteiger partial charge in [-0.3, -0.25) is 9.55 Å². The van der Waals surface area contributed by atoms with E-state index in [-0.39, 0.29) is 0 Å². The summed E-state index contributed by atoms with van der Waals surface area (Å²) in [4.78, 5) is 12.6. The summed E-state index contributed by atoms with van der Waals surface area (Å²) in [5.41, 5.74) is 4.85. The van der Waals surface area contributed by atoms with E-state index in [1.54, 1.807) is 6.07 Å². The van der Waals surface area contributed by atoms with Crippen LogP contribution in [0.25, 0.3) is 11.3 Å². The van der Waals surface area contributed by atoms with Gasteiger partial charge in [-0.25, -0.2) is 9.97 Å². The number of nitrogens with zero attached hydrogens (tertiary/aromatic N) is 4. The van der Waals surface area contributed by atoms with Crippen LogP contribution in [-0.4, -0.2) is 19.5 Å². The Balaban J connectivity index is 2.11. The van der Waals surface area contributed by atoms with Crippen LogP contribution in [0.2, 0.25) is 0 Å². The van der Waals surface area contributed by atoms with Crippen molar-refractivity contribution >= 4 is 5.57 Å². The molecule has 0 saturated heterocycles. The van der Waals surface area contributed by atoms with Gasteiger partial charge < -0.3 is 0 Å². The quantitative estimate of drug-likeness (QED) is 0.526. The van der Waals surface area contributed by atoms with E-state index in [9.17, 15) is 4.39 Å². The molecule has 0 N–H and O–H groups in total. The van der Waals surface area contributed by atoms with Gasteiger partial charge in [-0.2, -0.15) is 4.39 Å². The summed E-state index contributed by atoms with van der Waals surface area (Å²) < 4.78 is 15.2. The number of aryl methyl sites for hydroxylation is 1. The molecule has 0 aliphatic carbocycles. The van der Waals surface area contributed by atoms with Crippen molar-refractivity contribution in [3.63, 3.8) is 0 Å². The largest absolute Gasteiger partial charge is 0.294 e. The Kier molecular flexibility index (Phi) is 4.94. The van der Waals surface area contributed by atoms with Gasteiger partial charge in [-0.15, -0.1) is 0 Å². The van der Waals surface area contributed by atoms with E-state index in [4.69, 9.17) is 0 Å². The first-order valence-corrected chi connectivity index (χ1v) is 8.33. The van der Waals surface area contributed by atoms with Crippen molar-refractivity contribution in [1.29, 1.82) is 0 Å². The van der Waals surface area contributed by atoms with Crippen LogP contribution >= 0.6 is 0 Å². The Hall–Kier alpha value is -3.26. The fourth-order valence-electron chi connectivity index (χ4n) is 2.54. The minimum atomic E-state index is -0.551. The zero-order valence-electron chi connectivity index (χ0n) is 15.0. The second kappa shape index (κ2) is 7.32. The smallest absolute Gasteiger partial charge is 0.214 e. The molecule has 0 atom stereocenters. The second-order valence-corrected chi connectivity index (χ2v) is 5.94. The Bertz CT molecular complexity index is 1020.